The third kappa shape index (κ3) is 3.56. The second-order valence-corrected chi connectivity index (χ2v) is 4.45. The zero-order valence-electron chi connectivity index (χ0n) is 11.7. The quantitative estimate of drug-likeness (QED) is 0.775. The first kappa shape index (κ1) is 15.2. The molecule has 2 N–H and O–H groups in total. The van der Waals surface area contributed by atoms with Crippen molar-refractivity contribution in [2.45, 2.75) is 40.0 Å². The van der Waals surface area contributed by atoms with Gasteiger partial charge in [0.05, 0.1) is 0 Å². The van der Waals surface area contributed by atoms with Crippen LogP contribution in [0.5, 0.6) is 0 Å². The smallest absolute Gasteiger partial charge is 0.316 e. The molecule has 0 saturated heterocycles. The first-order valence-electron chi connectivity index (χ1n) is 6.69. The van der Waals surface area contributed by atoms with Gasteiger partial charge in [-0.1, -0.05) is 39.0 Å². The van der Waals surface area contributed by atoms with Crippen LogP contribution < -0.4 is 5.32 Å². The van der Waals surface area contributed by atoms with Crippen LogP contribution in [0.25, 0.3) is 0 Å². The van der Waals surface area contributed by atoms with Gasteiger partial charge in [-0.2, -0.15) is 0 Å². The van der Waals surface area contributed by atoms with Crippen molar-refractivity contribution < 1.29 is 14.7 Å². The number of carbonyl (C=O) groups excluding carboxylic acids is 1. The van der Waals surface area contributed by atoms with E-state index in [9.17, 15) is 9.59 Å². The Bertz CT molecular complexity index is 446. The summed E-state index contributed by atoms with van der Waals surface area (Å²) >= 11 is 0. The lowest BCUT2D eigenvalue weighted by molar-refractivity contribution is -0.145. The number of carboxylic acids is 1. The molecule has 0 spiro atoms. The molecule has 19 heavy (non-hydrogen) atoms. The van der Waals surface area contributed by atoms with Crippen molar-refractivity contribution in [1.29, 1.82) is 0 Å². The molecule has 0 aliphatic heterocycles. The lowest BCUT2D eigenvalue weighted by atomic mass is 10.0. The monoisotopic (exact) mass is 263 g/mol. The minimum atomic E-state index is -1.08. The summed E-state index contributed by atoms with van der Waals surface area (Å²) in [7, 11) is 0. The number of aliphatic carboxylic acids is 1. The van der Waals surface area contributed by atoms with Gasteiger partial charge in [0, 0.05) is 5.69 Å². The van der Waals surface area contributed by atoms with Crippen LogP contribution in [0.15, 0.2) is 18.2 Å². The number of para-hydroxylation sites is 1. The van der Waals surface area contributed by atoms with E-state index in [0.717, 1.165) is 29.7 Å². The molecule has 0 fully saturated rings. The molecule has 1 amide bonds. The third-order valence-electron chi connectivity index (χ3n) is 3.27. The molecule has 104 valence electrons. The average Bonchev–Trinajstić information content (AvgIpc) is 2.39. The Hall–Kier alpha value is -1.84. The van der Waals surface area contributed by atoms with Gasteiger partial charge in [0.1, 0.15) is 5.92 Å². The van der Waals surface area contributed by atoms with Crippen molar-refractivity contribution in [2.75, 3.05) is 5.32 Å². The van der Waals surface area contributed by atoms with E-state index >= 15 is 0 Å². The largest absolute Gasteiger partial charge is 0.481 e. The maximum absolute atomic E-state index is 12.0. The van der Waals surface area contributed by atoms with E-state index in [1.54, 1.807) is 6.92 Å². The number of hydrogen-bond donors (Lipinski definition) is 2. The zero-order valence-corrected chi connectivity index (χ0v) is 11.7. The van der Waals surface area contributed by atoms with Gasteiger partial charge in [-0.05, 0) is 30.4 Å². The molecule has 0 radical (unpaired) electrons. The van der Waals surface area contributed by atoms with Crippen LogP contribution in [0.2, 0.25) is 0 Å². The molecule has 0 saturated carbocycles. The maximum atomic E-state index is 12.0. The minimum Gasteiger partial charge on any atom is -0.481 e. The fraction of sp³-hybridized carbons (Fsp3) is 0.467. The molecule has 0 aliphatic carbocycles. The normalized spacial score (nSPS) is 11.9. The molecule has 4 heteroatoms. The van der Waals surface area contributed by atoms with Gasteiger partial charge in [-0.15, -0.1) is 0 Å². The topological polar surface area (TPSA) is 66.4 Å². The first-order chi connectivity index (χ1) is 9.04. The van der Waals surface area contributed by atoms with E-state index in [1.807, 2.05) is 32.0 Å². The van der Waals surface area contributed by atoms with E-state index in [-0.39, 0.29) is 6.42 Å². The summed E-state index contributed by atoms with van der Waals surface area (Å²) in [5.74, 6) is -2.51. The Morgan fingerprint density at radius 2 is 1.68 bits per heavy atom. The van der Waals surface area contributed by atoms with Crippen LogP contribution >= 0.6 is 0 Å². The Labute approximate surface area is 113 Å². The number of rotatable bonds is 6. The second-order valence-electron chi connectivity index (χ2n) is 4.45. The number of benzene rings is 1. The fourth-order valence-electron chi connectivity index (χ4n) is 2.09. The van der Waals surface area contributed by atoms with Crippen LogP contribution in [0.1, 0.15) is 38.3 Å². The summed E-state index contributed by atoms with van der Waals surface area (Å²) in [5, 5.41) is 11.8. The van der Waals surface area contributed by atoms with Gasteiger partial charge in [0.2, 0.25) is 5.91 Å². The fourth-order valence-corrected chi connectivity index (χ4v) is 2.09. The van der Waals surface area contributed by atoms with Crippen LogP contribution in [0.3, 0.4) is 0 Å². The lowest BCUT2D eigenvalue weighted by Gasteiger charge is -2.16. The molecule has 1 aromatic rings. The maximum Gasteiger partial charge on any atom is 0.316 e. The van der Waals surface area contributed by atoms with Crippen molar-refractivity contribution in [2.24, 2.45) is 5.92 Å². The van der Waals surface area contributed by atoms with Crippen LogP contribution in [-0.2, 0) is 22.4 Å². The number of anilines is 1. The number of carboxylic acid groups (broad SMARTS) is 1. The summed E-state index contributed by atoms with van der Waals surface area (Å²) in [6.07, 6.45) is 1.89. The van der Waals surface area contributed by atoms with Crippen LogP contribution in [0, 0.1) is 5.92 Å². The Morgan fingerprint density at radius 3 is 2.05 bits per heavy atom. The molecule has 1 atom stereocenters. The predicted molar refractivity (Wildman–Crippen MR) is 75.2 cm³/mol. The number of aryl methyl sites for hydroxylation is 2. The predicted octanol–water partition coefficient (Wildman–Crippen LogP) is 2.86. The SMILES string of the molecule is CCc1cccc(CC)c1NC(=O)C(CC)C(=O)O. The molecule has 0 bridgehead atoms. The second kappa shape index (κ2) is 6.92. The first-order valence-corrected chi connectivity index (χ1v) is 6.69. The highest BCUT2D eigenvalue weighted by Gasteiger charge is 2.25. The van der Waals surface area contributed by atoms with Crippen LogP contribution in [-0.4, -0.2) is 17.0 Å². The molecule has 1 unspecified atom stereocenters. The van der Waals surface area contributed by atoms with Gasteiger partial charge in [0.25, 0.3) is 0 Å². The minimum absolute atomic E-state index is 0.289. The number of nitrogens with one attached hydrogen (secondary N) is 1. The molecular formula is C15H21NO3. The van der Waals surface area contributed by atoms with Crippen molar-refractivity contribution in [3.05, 3.63) is 29.3 Å². The van der Waals surface area contributed by atoms with Gasteiger partial charge >= 0.3 is 5.97 Å². The van der Waals surface area contributed by atoms with Gasteiger partial charge in [-0.3, -0.25) is 9.59 Å². The summed E-state index contributed by atoms with van der Waals surface area (Å²) in [6.45, 7) is 5.72. The Morgan fingerprint density at radius 1 is 1.16 bits per heavy atom. The van der Waals surface area contributed by atoms with Crippen molar-refractivity contribution in [3.63, 3.8) is 0 Å². The standard InChI is InChI=1S/C15H21NO3/c1-4-10-8-7-9-11(5-2)13(10)16-14(17)12(6-3)15(18)19/h7-9,12H,4-6H2,1-3H3,(H,16,17)(H,18,19). The molecule has 1 rings (SSSR count). The number of carbonyl (C=O) groups is 2. The molecule has 0 heterocycles. The Balaban J connectivity index is 3.04. The highest BCUT2D eigenvalue weighted by molar-refractivity contribution is 6.04. The van der Waals surface area contributed by atoms with Crippen molar-refractivity contribution in [3.8, 4) is 0 Å². The molecular weight excluding hydrogens is 242 g/mol. The highest BCUT2D eigenvalue weighted by Crippen LogP contribution is 2.23. The summed E-state index contributed by atoms with van der Waals surface area (Å²) in [5.41, 5.74) is 2.85. The van der Waals surface area contributed by atoms with Gasteiger partial charge < -0.3 is 10.4 Å². The van der Waals surface area contributed by atoms with E-state index < -0.39 is 17.8 Å². The van der Waals surface area contributed by atoms with E-state index in [0.29, 0.717) is 0 Å². The molecule has 4 nitrogen and oxygen atoms in total. The third-order valence-corrected chi connectivity index (χ3v) is 3.27. The van der Waals surface area contributed by atoms with Gasteiger partial charge in [-0.25, -0.2) is 0 Å². The van der Waals surface area contributed by atoms with Gasteiger partial charge in [0.15, 0.2) is 0 Å². The summed E-state index contributed by atoms with van der Waals surface area (Å²) in [6, 6.07) is 5.87. The van der Waals surface area contributed by atoms with E-state index in [4.69, 9.17) is 5.11 Å². The van der Waals surface area contributed by atoms with E-state index in [1.165, 1.54) is 0 Å². The molecule has 0 aliphatic rings. The highest BCUT2D eigenvalue weighted by atomic mass is 16.4. The van der Waals surface area contributed by atoms with Crippen molar-refractivity contribution >= 4 is 17.6 Å². The number of hydrogen-bond acceptors (Lipinski definition) is 2. The molecule has 0 aromatic heterocycles. The Kier molecular flexibility index (Phi) is 5.55. The van der Waals surface area contributed by atoms with E-state index in [2.05, 4.69) is 5.32 Å². The number of amides is 1. The summed E-state index contributed by atoms with van der Waals surface area (Å²) in [4.78, 5) is 23.0. The summed E-state index contributed by atoms with van der Waals surface area (Å²) < 4.78 is 0. The zero-order chi connectivity index (χ0) is 14.4. The van der Waals surface area contributed by atoms with Crippen molar-refractivity contribution in [1.82, 2.24) is 0 Å². The average molecular weight is 263 g/mol. The van der Waals surface area contributed by atoms with Crippen LogP contribution in [0.4, 0.5) is 5.69 Å². The lowest BCUT2D eigenvalue weighted by Crippen LogP contribution is -2.29. The molecule has 1 aromatic carbocycles.